The van der Waals surface area contributed by atoms with Crippen molar-refractivity contribution in [3.63, 3.8) is 0 Å². The molecule has 3 aromatic rings. The molecule has 1 aliphatic heterocycles. The van der Waals surface area contributed by atoms with Crippen LogP contribution in [0.5, 0.6) is 0 Å². The number of amides is 1. The Balaban J connectivity index is 1.85. The first kappa shape index (κ1) is 15.0. The van der Waals surface area contributed by atoms with Crippen LogP contribution in [0.25, 0.3) is 11.1 Å². The lowest BCUT2D eigenvalue weighted by Crippen LogP contribution is -2.23. The second-order valence-corrected chi connectivity index (χ2v) is 6.64. The average molecular weight is 341 g/mol. The van der Waals surface area contributed by atoms with Crippen LogP contribution in [0.3, 0.4) is 0 Å². The highest BCUT2D eigenvalue weighted by atomic mass is 32.1. The lowest BCUT2D eigenvalue weighted by atomic mass is 9.89. The number of fused-ring (bicyclic) bond motifs is 1. The number of rotatable bonds is 2. The van der Waals surface area contributed by atoms with Crippen LogP contribution < -0.4 is 5.32 Å². The fraction of sp³-hybridized carbons (Fsp3) is 0.105. The molecule has 2 nitrogen and oxygen atoms in total. The normalized spacial score (nSPS) is 16.6. The smallest absolute Gasteiger partial charge is 0.225 e. The van der Waals surface area contributed by atoms with Crippen LogP contribution in [0.4, 0.5) is 14.5 Å². The Hall–Kier alpha value is -2.53. The van der Waals surface area contributed by atoms with Crippen molar-refractivity contribution in [1.29, 1.82) is 0 Å². The van der Waals surface area contributed by atoms with E-state index in [1.54, 1.807) is 30.3 Å². The van der Waals surface area contributed by atoms with Gasteiger partial charge < -0.3 is 5.32 Å². The zero-order valence-corrected chi connectivity index (χ0v) is 13.4. The quantitative estimate of drug-likeness (QED) is 0.685. The molecule has 2 heterocycles. The summed E-state index contributed by atoms with van der Waals surface area (Å²) in [5, 5.41) is 4.76. The Morgan fingerprint density at radius 1 is 1.08 bits per heavy atom. The van der Waals surface area contributed by atoms with Gasteiger partial charge in [0.25, 0.3) is 0 Å². The molecule has 2 aromatic carbocycles. The first-order valence-corrected chi connectivity index (χ1v) is 8.43. The molecule has 1 unspecified atom stereocenters. The van der Waals surface area contributed by atoms with Gasteiger partial charge >= 0.3 is 0 Å². The monoisotopic (exact) mass is 341 g/mol. The van der Waals surface area contributed by atoms with E-state index in [2.05, 4.69) is 5.32 Å². The molecule has 0 radical (unpaired) electrons. The molecule has 1 amide bonds. The van der Waals surface area contributed by atoms with E-state index < -0.39 is 0 Å². The van der Waals surface area contributed by atoms with Crippen LogP contribution in [0.15, 0.2) is 53.9 Å². The number of thiophene rings is 1. The van der Waals surface area contributed by atoms with Gasteiger partial charge in [-0.25, -0.2) is 8.78 Å². The van der Waals surface area contributed by atoms with Crippen LogP contribution in [0.1, 0.15) is 22.8 Å². The minimum atomic E-state index is -0.333. The largest absolute Gasteiger partial charge is 0.325 e. The highest BCUT2D eigenvalue weighted by molar-refractivity contribution is 7.11. The zero-order valence-electron chi connectivity index (χ0n) is 12.6. The van der Waals surface area contributed by atoms with Gasteiger partial charge in [0, 0.05) is 28.2 Å². The van der Waals surface area contributed by atoms with E-state index in [-0.39, 0.29) is 29.9 Å². The highest BCUT2D eigenvalue weighted by Gasteiger charge is 2.31. The van der Waals surface area contributed by atoms with E-state index in [9.17, 15) is 13.6 Å². The molecule has 1 atom stereocenters. The predicted molar refractivity (Wildman–Crippen MR) is 91.2 cm³/mol. The van der Waals surface area contributed by atoms with Crippen LogP contribution in [-0.4, -0.2) is 5.91 Å². The number of carbonyl (C=O) groups excluding carboxylic acids is 1. The fourth-order valence-corrected chi connectivity index (χ4v) is 4.26. The first-order valence-electron chi connectivity index (χ1n) is 7.55. The number of carbonyl (C=O) groups is 1. The molecule has 0 aliphatic carbocycles. The van der Waals surface area contributed by atoms with Gasteiger partial charge in [-0.2, -0.15) is 0 Å². The van der Waals surface area contributed by atoms with Crippen molar-refractivity contribution in [3.8, 4) is 11.1 Å². The van der Waals surface area contributed by atoms with Gasteiger partial charge in [-0.05, 0) is 29.3 Å². The lowest BCUT2D eigenvalue weighted by Gasteiger charge is -2.24. The van der Waals surface area contributed by atoms with Crippen molar-refractivity contribution >= 4 is 22.9 Å². The molecule has 0 saturated heterocycles. The summed E-state index contributed by atoms with van der Waals surface area (Å²) in [6, 6.07) is 12.8. The molecule has 4 rings (SSSR count). The Labute approximate surface area is 141 Å². The zero-order chi connectivity index (χ0) is 16.7. The van der Waals surface area contributed by atoms with E-state index in [0.717, 1.165) is 10.4 Å². The van der Waals surface area contributed by atoms with Gasteiger partial charge in [0.05, 0.1) is 5.69 Å². The second kappa shape index (κ2) is 5.83. The minimum absolute atomic E-state index is 0.160. The minimum Gasteiger partial charge on any atom is -0.325 e. The summed E-state index contributed by atoms with van der Waals surface area (Å²) >= 11 is 1.46. The van der Waals surface area contributed by atoms with Gasteiger partial charge in [-0.3, -0.25) is 4.79 Å². The van der Waals surface area contributed by atoms with E-state index in [1.165, 1.54) is 29.5 Å². The topological polar surface area (TPSA) is 29.1 Å². The Morgan fingerprint density at radius 2 is 1.92 bits per heavy atom. The predicted octanol–water partition coefficient (Wildman–Crippen LogP) is 5.17. The maximum absolute atomic E-state index is 14.2. The van der Waals surface area contributed by atoms with Gasteiger partial charge in [-0.15, -0.1) is 11.3 Å². The summed E-state index contributed by atoms with van der Waals surface area (Å²) in [5.74, 6) is -1.13. The highest BCUT2D eigenvalue weighted by Crippen LogP contribution is 2.46. The Morgan fingerprint density at radius 3 is 2.71 bits per heavy atom. The number of anilines is 1. The van der Waals surface area contributed by atoms with Crippen LogP contribution in [0.2, 0.25) is 0 Å². The van der Waals surface area contributed by atoms with Crippen molar-refractivity contribution in [3.05, 3.63) is 76.0 Å². The lowest BCUT2D eigenvalue weighted by molar-refractivity contribution is -0.116. The third-order valence-electron chi connectivity index (χ3n) is 4.21. The van der Waals surface area contributed by atoms with Crippen LogP contribution in [-0.2, 0) is 4.79 Å². The van der Waals surface area contributed by atoms with Gasteiger partial charge in [0.1, 0.15) is 11.6 Å². The molecule has 1 N–H and O–H groups in total. The first-order chi connectivity index (χ1) is 11.6. The molecule has 0 bridgehead atoms. The van der Waals surface area contributed by atoms with Crippen molar-refractivity contribution in [2.75, 3.05) is 5.32 Å². The molecular formula is C19H13F2NOS. The Kier molecular flexibility index (Phi) is 3.65. The fourth-order valence-electron chi connectivity index (χ4n) is 3.10. The van der Waals surface area contributed by atoms with Gasteiger partial charge in [0.15, 0.2) is 0 Å². The molecule has 24 heavy (non-hydrogen) atoms. The van der Waals surface area contributed by atoms with Crippen molar-refractivity contribution in [2.45, 2.75) is 12.3 Å². The van der Waals surface area contributed by atoms with Crippen molar-refractivity contribution in [2.24, 2.45) is 0 Å². The number of benzene rings is 2. The summed E-state index contributed by atoms with van der Waals surface area (Å²) in [5.41, 5.74) is 2.64. The molecule has 5 heteroatoms. The maximum atomic E-state index is 14.2. The van der Waals surface area contributed by atoms with Gasteiger partial charge in [-0.1, -0.05) is 30.3 Å². The van der Waals surface area contributed by atoms with E-state index >= 15 is 0 Å². The van der Waals surface area contributed by atoms with Crippen LogP contribution >= 0.6 is 11.3 Å². The molecule has 0 spiro atoms. The number of hydrogen-bond acceptors (Lipinski definition) is 2. The number of halogens is 2. The molecular weight excluding hydrogens is 328 g/mol. The average Bonchev–Trinajstić information content (AvgIpc) is 2.98. The Bertz CT molecular complexity index is 935. The van der Waals surface area contributed by atoms with Gasteiger partial charge in [0.2, 0.25) is 5.91 Å². The third-order valence-corrected chi connectivity index (χ3v) is 5.30. The number of hydrogen-bond donors (Lipinski definition) is 1. The van der Waals surface area contributed by atoms with E-state index in [1.807, 2.05) is 5.38 Å². The molecule has 120 valence electrons. The molecule has 1 aromatic heterocycles. The summed E-state index contributed by atoms with van der Waals surface area (Å²) < 4.78 is 27.7. The third kappa shape index (κ3) is 2.51. The summed E-state index contributed by atoms with van der Waals surface area (Å²) in [6.45, 7) is 0. The summed E-state index contributed by atoms with van der Waals surface area (Å²) in [4.78, 5) is 13.1. The van der Waals surface area contributed by atoms with E-state index in [4.69, 9.17) is 0 Å². The summed E-state index contributed by atoms with van der Waals surface area (Å²) in [6.07, 6.45) is 0.205. The van der Waals surface area contributed by atoms with E-state index in [0.29, 0.717) is 16.8 Å². The molecule has 0 saturated carbocycles. The summed E-state index contributed by atoms with van der Waals surface area (Å²) in [7, 11) is 0. The van der Waals surface area contributed by atoms with Crippen LogP contribution in [0, 0.1) is 11.6 Å². The maximum Gasteiger partial charge on any atom is 0.225 e. The number of nitrogens with one attached hydrogen (secondary N) is 1. The van der Waals surface area contributed by atoms with Crippen molar-refractivity contribution in [1.82, 2.24) is 0 Å². The van der Waals surface area contributed by atoms with Crippen molar-refractivity contribution < 1.29 is 13.6 Å². The molecule has 0 fully saturated rings. The SMILES string of the molecule is O=C1CC(c2ccccc2F)c2scc(-c3cccc(F)c3)c2N1. The standard InChI is InChI=1S/C19H13F2NOS/c20-12-5-3-4-11(8-12)15-10-24-19-14(9-17(23)22-18(15)19)13-6-1-2-7-16(13)21/h1-8,10,14H,9H2,(H,22,23). The second-order valence-electron chi connectivity index (χ2n) is 5.73. The molecule has 1 aliphatic rings.